The molecule has 0 bridgehead atoms. The van der Waals surface area contributed by atoms with Gasteiger partial charge in [-0.25, -0.2) is 0 Å². The zero-order valence-electron chi connectivity index (χ0n) is 11.8. The molecule has 1 aliphatic rings. The van der Waals surface area contributed by atoms with Gasteiger partial charge in [-0.05, 0) is 25.0 Å². The fourth-order valence-corrected chi connectivity index (χ4v) is 2.87. The molecule has 0 radical (unpaired) electrons. The van der Waals surface area contributed by atoms with Crippen LogP contribution in [0.2, 0.25) is 0 Å². The summed E-state index contributed by atoms with van der Waals surface area (Å²) in [5.74, 6) is 0.114. The Kier molecular flexibility index (Phi) is 5.12. The van der Waals surface area contributed by atoms with Gasteiger partial charge in [0.1, 0.15) is 5.69 Å². The van der Waals surface area contributed by atoms with Crippen molar-refractivity contribution in [3.63, 3.8) is 0 Å². The number of anilines is 1. The number of aliphatic hydroxyl groups excluding tert-OH is 1. The Hall–Kier alpha value is -2.13. The lowest BCUT2D eigenvalue weighted by molar-refractivity contribution is -0.384. The third-order valence-corrected chi connectivity index (χ3v) is 4.06. The average Bonchev–Trinajstić information content (AvgIpc) is 2.72. The molecular formula is C15H19N3O3. The number of nitrogens with zero attached hydrogens (tertiary/aromatic N) is 2. The van der Waals surface area contributed by atoms with Crippen LogP contribution in [-0.4, -0.2) is 22.7 Å². The number of nitro benzene ring substituents is 1. The van der Waals surface area contributed by atoms with Crippen molar-refractivity contribution in [2.45, 2.75) is 38.1 Å². The second kappa shape index (κ2) is 7.04. The topological polar surface area (TPSA) is 99.2 Å². The molecule has 112 valence electrons. The Balaban J connectivity index is 2.25. The molecule has 0 aromatic heterocycles. The summed E-state index contributed by atoms with van der Waals surface area (Å²) in [4.78, 5) is 10.7. The number of benzene rings is 1. The molecule has 1 fully saturated rings. The van der Waals surface area contributed by atoms with Gasteiger partial charge in [0.15, 0.2) is 0 Å². The van der Waals surface area contributed by atoms with Gasteiger partial charge in [-0.1, -0.05) is 19.3 Å². The van der Waals surface area contributed by atoms with Gasteiger partial charge >= 0.3 is 0 Å². The summed E-state index contributed by atoms with van der Waals surface area (Å²) in [6.07, 6.45) is 5.09. The van der Waals surface area contributed by atoms with Crippen LogP contribution < -0.4 is 5.32 Å². The normalized spacial score (nSPS) is 22.1. The van der Waals surface area contributed by atoms with E-state index < -0.39 is 4.92 Å². The number of hydrogen-bond acceptors (Lipinski definition) is 5. The van der Waals surface area contributed by atoms with E-state index in [4.69, 9.17) is 5.26 Å². The maximum Gasteiger partial charge on any atom is 0.293 e. The fraction of sp³-hybridized carbons (Fsp3) is 0.533. The lowest BCUT2D eigenvalue weighted by Crippen LogP contribution is -2.30. The first-order chi connectivity index (χ1) is 10.2. The summed E-state index contributed by atoms with van der Waals surface area (Å²) >= 11 is 0. The van der Waals surface area contributed by atoms with Crippen molar-refractivity contribution in [2.24, 2.45) is 5.92 Å². The Morgan fingerprint density at radius 3 is 2.81 bits per heavy atom. The number of rotatable bonds is 4. The molecule has 0 spiro atoms. The molecule has 2 N–H and O–H groups in total. The molecule has 21 heavy (non-hydrogen) atoms. The van der Waals surface area contributed by atoms with Gasteiger partial charge in [0.05, 0.1) is 16.6 Å². The van der Waals surface area contributed by atoms with Crippen molar-refractivity contribution < 1.29 is 10.0 Å². The minimum atomic E-state index is -0.478. The zero-order chi connectivity index (χ0) is 15.2. The lowest BCUT2D eigenvalue weighted by Gasteiger charge is -2.25. The second-order valence-electron chi connectivity index (χ2n) is 5.43. The van der Waals surface area contributed by atoms with Gasteiger partial charge in [-0.15, -0.1) is 0 Å². The molecular weight excluding hydrogens is 270 g/mol. The van der Waals surface area contributed by atoms with E-state index in [9.17, 15) is 15.2 Å². The summed E-state index contributed by atoms with van der Waals surface area (Å²) in [5.41, 5.74) is 0.603. The molecule has 1 aromatic carbocycles. The standard InChI is InChI=1S/C15H19N3O3/c16-9-11-6-7-14(15(8-11)18(20)21)17-13-5-3-1-2-4-12(13)10-19/h6-8,12-13,17,19H,1-5,10H2/t12-,13+/m1/s1. The summed E-state index contributed by atoms with van der Waals surface area (Å²) < 4.78 is 0. The molecule has 6 nitrogen and oxygen atoms in total. The van der Waals surface area contributed by atoms with Gasteiger partial charge in [-0.3, -0.25) is 10.1 Å². The highest BCUT2D eigenvalue weighted by Crippen LogP contribution is 2.31. The third-order valence-electron chi connectivity index (χ3n) is 4.06. The van der Waals surface area contributed by atoms with Gasteiger partial charge in [0, 0.05) is 24.6 Å². The molecule has 0 heterocycles. The maximum absolute atomic E-state index is 11.2. The van der Waals surface area contributed by atoms with E-state index in [0.29, 0.717) is 5.69 Å². The summed E-state index contributed by atoms with van der Waals surface area (Å²) in [6, 6.07) is 6.38. The highest BCUT2D eigenvalue weighted by Gasteiger charge is 2.25. The number of aliphatic hydroxyl groups is 1. The van der Waals surface area contributed by atoms with Crippen LogP contribution in [-0.2, 0) is 0 Å². The van der Waals surface area contributed by atoms with Crippen molar-refractivity contribution >= 4 is 11.4 Å². The van der Waals surface area contributed by atoms with Crippen LogP contribution in [0.5, 0.6) is 0 Å². The molecule has 0 saturated heterocycles. The number of nitrogens with one attached hydrogen (secondary N) is 1. The third kappa shape index (κ3) is 3.70. The predicted molar refractivity (Wildman–Crippen MR) is 78.9 cm³/mol. The van der Waals surface area contributed by atoms with Crippen molar-refractivity contribution in [3.05, 3.63) is 33.9 Å². The van der Waals surface area contributed by atoms with E-state index in [0.717, 1.165) is 32.1 Å². The first-order valence-electron chi connectivity index (χ1n) is 7.21. The first-order valence-corrected chi connectivity index (χ1v) is 7.21. The zero-order valence-corrected chi connectivity index (χ0v) is 11.8. The Labute approximate surface area is 123 Å². The summed E-state index contributed by atoms with van der Waals surface area (Å²) in [6.45, 7) is 0.0851. The molecule has 6 heteroatoms. The summed E-state index contributed by atoms with van der Waals surface area (Å²) in [5, 5.41) is 32.7. The second-order valence-corrected chi connectivity index (χ2v) is 5.43. The molecule has 2 atom stereocenters. The first kappa shape index (κ1) is 15.3. The van der Waals surface area contributed by atoms with Crippen LogP contribution in [0.4, 0.5) is 11.4 Å². The van der Waals surface area contributed by atoms with Crippen LogP contribution in [0.3, 0.4) is 0 Å². The predicted octanol–water partition coefficient (Wildman–Crippen LogP) is 2.82. The summed E-state index contributed by atoms with van der Waals surface area (Å²) in [7, 11) is 0. The van der Waals surface area contributed by atoms with Crippen LogP contribution in [0, 0.1) is 27.4 Å². The highest BCUT2D eigenvalue weighted by molar-refractivity contribution is 5.64. The fourth-order valence-electron chi connectivity index (χ4n) is 2.87. The van der Waals surface area contributed by atoms with Crippen LogP contribution in [0.15, 0.2) is 18.2 Å². The quantitative estimate of drug-likeness (QED) is 0.504. The van der Waals surface area contributed by atoms with Crippen LogP contribution in [0.25, 0.3) is 0 Å². The average molecular weight is 289 g/mol. The van der Waals surface area contributed by atoms with Crippen molar-refractivity contribution in [1.29, 1.82) is 5.26 Å². The monoisotopic (exact) mass is 289 g/mol. The molecule has 1 aliphatic carbocycles. The van der Waals surface area contributed by atoms with Crippen molar-refractivity contribution in [1.82, 2.24) is 0 Å². The van der Waals surface area contributed by atoms with Crippen LogP contribution >= 0.6 is 0 Å². The van der Waals surface area contributed by atoms with Gasteiger partial charge < -0.3 is 10.4 Å². The molecule has 0 amide bonds. The van der Waals surface area contributed by atoms with Gasteiger partial charge in [0.2, 0.25) is 0 Å². The van der Waals surface area contributed by atoms with E-state index in [1.165, 1.54) is 6.07 Å². The van der Waals surface area contributed by atoms with E-state index in [1.807, 2.05) is 6.07 Å². The minimum absolute atomic E-state index is 0.0316. The molecule has 0 unspecified atom stereocenters. The lowest BCUT2D eigenvalue weighted by atomic mass is 9.95. The Bertz CT molecular complexity index is 554. The number of nitriles is 1. The maximum atomic E-state index is 11.2. The van der Waals surface area contributed by atoms with Crippen LogP contribution in [0.1, 0.15) is 37.7 Å². The SMILES string of the molecule is N#Cc1ccc(N[C@H]2CCCCC[C@@H]2CO)c([N+](=O)[O-])c1. The largest absolute Gasteiger partial charge is 0.396 e. The minimum Gasteiger partial charge on any atom is -0.396 e. The van der Waals surface area contributed by atoms with Crippen molar-refractivity contribution in [3.8, 4) is 6.07 Å². The highest BCUT2D eigenvalue weighted by atomic mass is 16.6. The van der Waals surface area contributed by atoms with Gasteiger partial charge in [0.25, 0.3) is 5.69 Å². The Morgan fingerprint density at radius 1 is 1.38 bits per heavy atom. The van der Waals surface area contributed by atoms with Crippen molar-refractivity contribution in [2.75, 3.05) is 11.9 Å². The molecule has 1 aromatic rings. The molecule has 0 aliphatic heterocycles. The number of hydrogen-bond donors (Lipinski definition) is 2. The Morgan fingerprint density at radius 2 is 2.14 bits per heavy atom. The smallest absolute Gasteiger partial charge is 0.293 e. The van der Waals surface area contributed by atoms with Gasteiger partial charge in [-0.2, -0.15) is 5.26 Å². The molecule has 2 rings (SSSR count). The van der Waals surface area contributed by atoms with E-state index >= 15 is 0 Å². The van der Waals surface area contributed by atoms with E-state index in [2.05, 4.69) is 5.32 Å². The molecule has 1 saturated carbocycles. The van der Waals surface area contributed by atoms with E-state index in [-0.39, 0.29) is 29.8 Å². The van der Waals surface area contributed by atoms with E-state index in [1.54, 1.807) is 12.1 Å². The number of nitro groups is 1.